The molecule has 5 heteroatoms. The number of fused-ring (bicyclic) bond motifs is 1. The Morgan fingerprint density at radius 2 is 1.73 bits per heavy atom. The Kier molecular flexibility index (Phi) is 2.92. The summed E-state index contributed by atoms with van der Waals surface area (Å²) in [4.78, 5) is 15.8. The van der Waals surface area contributed by atoms with Gasteiger partial charge in [0, 0.05) is 25.5 Å². The van der Waals surface area contributed by atoms with E-state index in [-0.39, 0.29) is 0 Å². The Hall–Kier alpha value is -2.69. The number of benzene rings is 1. The maximum absolute atomic E-state index is 6.22. The van der Waals surface area contributed by atoms with Gasteiger partial charge in [-0.05, 0) is 29.7 Å². The van der Waals surface area contributed by atoms with Crippen LogP contribution < -0.4 is 5.73 Å². The second-order valence-electron chi connectivity index (χ2n) is 5.49. The highest BCUT2D eigenvalue weighted by Gasteiger charge is 2.48. The fourth-order valence-electron chi connectivity index (χ4n) is 3.25. The molecular weight excluding hydrogens is 274 g/mol. The van der Waals surface area contributed by atoms with Crippen LogP contribution in [-0.2, 0) is 5.54 Å². The minimum absolute atomic E-state index is 0.541. The van der Waals surface area contributed by atoms with E-state index in [2.05, 4.69) is 17.1 Å². The number of rotatable bonds is 2. The van der Waals surface area contributed by atoms with Crippen molar-refractivity contribution >= 4 is 11.8 Å². The number of guanidine groups is 1. The van der Waals surface area contributed by atoms with E-state index >= 15 is 0 Å². The molecule has 5 nitrogen and oxygen atoms in total. The van der Waals surface area contributed by atoms with E-state index in [1.54, 1.807) is 12.4 Å². The van der Waals surface area contributed by atoms with Crippen molar-refractivity contribution in [3.63, 3.8) is 0 Å². The van der Waals surface area contributed by atoms with Gasteiger partial charge < -0.3 is 5.73 Å². The minimum atomic E-state index is -0.658. The van der Waals surface area contributed by atoms with Gasteiger partial charge in [-0.15, -0.1) is 0 Å². The van der Waals surface area contributed by atoms with Gasteiger partial charge in [-0.3, -0.25) is 14.9 Å². The van der Waals surface area contributed by atoms with E-state index in [0.717, 1.165) is 36.5 Å². The molecule has 2 N–H and O–H groups in total. The zero-order chi connectivity index (χ0) is 15.0. The Morgan fingerprint density at radius 1 is 1.00 bits per heavy atom. The van der Waals surface area contributed by atoms with E-state index in [1.165, 1.54) is 0 Å². The molecule has 110 valence electrons. The van der Waals surface area contributed by atoms with Gasteiger partial charge in [0.05, 0.1) is 0 Å². The molecule has 2 aliphatic heterocycles. The Morgan fingerprint density at radius 3 is 2.50 bits per heavy atom. The van der Waals surface area contributed by atoms with Gasteiger partial charge in [0.2, 0.25) is 0 Å². The molecule has 0 amide bonds. The third-order valence-electron chi connectivity index (χ3n) is 4.23. The molecule has 0 saturated heterocycles. The first kappa shape index (κ1) is 13.0. The molecule has 0 spiro atoms. The van der Waals surface area contributed by atoms with Gasteiger partial charge in [0.25, 0.3) is 0 Å². The van der Waals surface area contributed by atoms with Crippen molar-refractivity contribution in [1.29, 1.82) is 0 Å². The standard InChI is InChI=1S/C17H17N5/c18-16-21-17(13-5-2-1-3-6-13,14-7-10-19-11-8-14)15-20-9-4-12-22(15)16/h1-3,5-8,10-11H,4,9,12H2,(H2,18,21). The molecule has 1 aromatic carbocycles. The molecule has 0 fully saturated rings. The average Bonchev–Trinajstić information content (AvgIpc) is 2.91. The molecule has 0 radical (unpaired) electrons. The van der Waals surface area contributed by atoms with Gasteiger partial charge in [-0.1, -0.05) is 30.3 Å². The van der Waals surface area contributed by atoms with Gasteiger partial charge >= 0.3 is 0 Å². The highest BCUT2D eigenvalue weighted by atomic mass is 15.4. The normalized spacial score (nSPS) is 23.7. The Balaban J connectivity index is 2.00. The van der Waals surface area contributed by atoms with Gasteiger partial charge in [-0.2, -0.15) is 0 Å². The lowest BCUT2D eigenvalue weighted by molar-refractivity contribution is 0.531. The number of nitrogens with two attached hydrogens (primary N) is 1. The minimum Gasteiger partial charge on any atom is -0.369 e. The smallest absolute Gasteiger partial charge is 0.198 e. The number of aliphatic imine (C=N–C) groups is 2. The van der Waals surface area contributed by atoms with Crippen LogP contribution in [0.15, 0.2) is 64.8 Å². The number of pyridine rings is 1. The number of aromatic nitrogens is 1. The van der Waals surface area contributed by atoms with Crippen LogP contribution in [0.1, 0.15) is 17.5 Å². The highest BCUT2D eigenvalue weighted by Crippen LogP contribution is 2.40. The van der Waals surface area contributed by atoms with Crippen LogP contribution in [0.4, 0.5) is 0 Å². The zero-order valence-corrected chi connectivity index (χ0v) is 12.2. The number of hydrogen-bond acceptors (Lipinski definition) is 5. The lowest BCUT2D eigenvalue weighted by Crippen LogP contribution is -2.46. The number of nitrogens with zero attached hydrogens (tertiary/aromatic N) is 4. The van der Waals surface area contributed by atoms with E-state index in [9.17, 15) is 0 Å². The molecule has 1 unspecified atom stereocenters. The second kappa shape index (κ2) is 4.94. The largest absolute Gasteiger partial charge is 0.369 e. The predicted octanol–water partition coefficient (Wildman–Crippen LogP) is 1.76. The molecular formula is C17H17N5. The van der Waals surface area contributed by atoms with Crippen molar-refractivity contribution in [1.82, 2.24) is 9.88 Å². The van der Waals surface area contributed by atoms with Gasteiger partial charge in [0.15, 0.2) is 11.5 Å². The monoisotopic (exact) mass is 291 g/mol. The fourth-order valence-corrected chi connectivity index (χ4v) is 3.25. The van der Waals surface area contributed by atoms with Crippen molar-refractivity contribution in [2.24, 2.45) is 15.7 Å². The van der Waals surface area contributed by atoms with E-state index < -0.39 is 5.54 Å². The summed E-state index contributed by atoms with van der Waals surface area (Å²) in [6, 6.07) is 14.2. The molecule has 1 atom stereocenters. The molecule has 2 aromatic rings. The third-order valence-corrected chi connectivity index (χ3v) is 4.23. The second-order valence-corrected chi connectivity index (χ2v) is 5.49. The first-order chi connectivity index (χ1) is 10.8. The molecule has 0 aliphatic carbocycles. The van der Waals surface area contributed by atoms with Gasteiger partial charge in [0.1, 0.15) is 5.84 Å². The van der Waals surface area contributed by atoms with Crippen LogP contribution in [-0.4, -0.2) is 34.8 Å². The summed E-state index contributed by atoms with van der Waals surface area (Å²) in [6.45, 7) is 1.68. The van der Waals surface area contributed by atoms with Crippen LogP contribution in [0.25, 0.3) is 0 Å². The summed E-state index contributed by atoms with van der Waals surface area (Å²) >= 11 is 0. The fraction of sp³-hybridized carbons (Fsp3) is 0.235. The zero-order valence-electron chi connectivity index (χ0n) is 12.2. The summed E-state index contributed by atoms with van der Waals surface area (Å²) in [7, 11) is 0. The molecule has 3 heterocycles. The third kappa shape index (κ3) is 1.75. The summed E-state index contributed by atoms with van der Waals surface area (Å²) in [5, 5.41) is 0. The summed E-state index contributed by atoms with van der Waals surface area (Å²) in [6.07, 6.45) is 4.58. The first-order valence-electron chi connectivity index (χ1n) is 7.46. The summed E-state index contributed by atoms with van der Waals surface area (Å²) in [5.41, 5.74) is 7.68. The SMILES string of the molecule is NC1=NC(c2ccccc2)(c2ccncc2)C2=NCCCN12. The maximum Gasteiger partial charge on any atom is 0.198 e. The highest BCUT2D eigenvalue weighted by molar-refractivity contribution is 6.12. The predicted molar refractivity (Wildman–Crippen MR) is 86.7 cm³/mol. The quantitative estimate of drug-likeness (QED) is 0.916. The van der Waals surface area contributed by atoms with Crippen LogP contribution in [0.2, 0.25) is 0 Å². The molecule has 4 rings (SSSR count). The van der Waals surface area contributed by atoms with E-state index in [0.29, 0.717) is 5.96 Å². The molecule has 0 saturated carbocycles. The lowest BCUT2D eigenvalue weighted by Gasteiger charge is -2.32. The van der Waals surface area contributed by atoms with Crippen LogP contribution in [0, 0.1) is 0 Å². The van der Waals surface area contributed by atoms with Crippen LogP contribution in [0.5, 0.6) is 0 Å². The van der Waals surface area contributed by atoms with Crippen LogP contribution in [0.3, 0.4) is 0 Å². The molecule has 0 bridgehead atoms. The van der Waals surface area contributed by atoms with Gasteiger partial charge in [-0.25, -0.2) is 4.99 Å². The lowest BCUT2D eigenvalue weighted by atomic mass is 9.82. The summed E-state index contributed by atoms with van der Waals surface area (Å²) in [5.74, 6) is 1.47. The molecule has 1 aromatic heterocycles. The van der Waals surface area contributed by atoms with Crippen molar-refractivity contribution in [3.05, 3.63) is 66.0 Å². The number of amidine groups is 1. The number of hydrogen-bond donors (Lipinski definition) is 1. The van der Waals surface area contributed by atoms with E-state index in [1.807, 2.05) is 35.2 Å². The molecule has 22 heavy (non-hydrogen) atoms. The average molecular weight is 291 g/mol. The first-order valence-corrected chi connectivity index (χ1v) is 7.46. The molecule has 2 aliphatic rings. The topological polar surface area (TPSA) is 66.9 Å². The Labute approximate surface area is 129 Å². The van der Waals surface area contributed by atoms with Crippen molar-refractivity contribution in [2.75, 3.05) is 13.1 Å². The van der Waals surface area contributed by atoms with Crippen molar-refractivity contribution in [3.8, 4) is 0 Å². The Bertz CT molecular complexity index is 697. The maximum atomic E-state index is 6.22. The summed E-state index contributed by atoms with van der Waals surface area (Å²) < 4.78 is 0. The van der Waals surface area contributed by atoms with Crippen molar-refractivity contribution in [2.45, 2.75) is 12.0 Å². The van der Waals surface area contributed by atoms with E-state index in [4.69, 9.17) is 15.7 Å². The van der Waals surface area contributed by atoms with Crippen molar-refractivity contribution < 1.29 is 0 Å². The van der Waals surface area contributed by atoms with Crippen LogP contribution >= 0.6 is 0 Å².